The van der Waals surface area contributed by atoms with Crippen LogP contribution >= 0.6 is 0 Å². The molecule has 2 saturated heterocycles. The van der Waals surface area contributed by atoms with Gasteiger partial charge >= 0.3 is 0 Å². The van der Waals surface area contributed by atoms with Crippen LogP contribution in [0.1, 0.15) is 49.8 Å². The number of nitrogen functional groups attached to an aromatic ring is 1. The summed E-state index contributed by atoms with van der Waals surface area (Å²) in [6.07, 6.45) is 4.86. The summed E-state index contributed by atoms with van der Waals surface area (Å²) in [6, 6.07) is 18.3. The number of nitrogens with two attached hydrogens (primary N) is 1. The van der Waals surface area contributed by atoms with Crippen molar-refractivity contribution in [1.82, 2.24) is 9.29 Å². The fourth-order valence-electron chi connectivity index (χ4n) is 5.51. The molecule has 5 rings (SSSR count). The summed E-state index contributed by atoms with van der Waals surface area (Å²) in [5, 5.41) is 0. The summed E-state index contributed by atoms with van der Waals surface area (Å²) < 4.78 is 43.4. The van der Waals surface area contributed by atoms with Crippen LogP contribution in [0.15, 0.2) is 71.8 Å². The summed E-state index contributed by atoms with van der Waals surface area (Å²) in [4.78, 5) is 6.45. The first-order valence-corrected chi connectivity index (χ1v) is 14.0. The third kappa shape index (κ3) is 4.84. The Labute approximate surface area is 213 Å². The van der Waals surface area contributed by atoms with Gasteiger partial charge in [0.15, 0.2) is 0 Å². The van der Waals surface area contributed by atoms with Crippen molar-refractivity contribution >= 4 is 21.4 Å². The van der Waals surface area contributed by atoms with Gasteiger partial charge in [0.2, 0.25) is 10.0 Å². The maximum absolute atomic E-state index is 15.2. The lowest BCUT2D eigenvalue weighted by molar-refractivity contribution is 0.249. The molecule has 0 saturated carbocycles. The van der Waals surface area contributed by atoms with Crippen LogP contribution in [-0.4, -0.2) is 43.9 Å². The summed E-state index contributed by atoms with van der Waals surface area (Å²) in [7, 11) is -3.76. The molecule has 36 heavy (non-hydrogen) atoms. The number of anilines is 2. The molecule has 2 aliphatic heterocycles. The van der Waals surface area contributed by atoms with Crippen LogP contribution < -0.4 is 10.6 Å². The van der Waals surface area contributed by atoms with E-state index in [-0.39, 0.29) is 16.2 Å². The Bertz CT molecular complexity index is 1320. The van der Waals surface area contributed by atoms with E-state index in [1.54, 1.807) is 24.4 Å². The van der Waals surface area contributed by atoms with Crippen LogP contribution in [0, 0.1) is 5.82 Å². The number of hydrogen-bond donors (Lipinski definition) is 1. The van der Waals surface area contributed by atoms with Crippen LogP contribution in [0.25, 0.3) is 0 Å². The van der Waals surface area contributed by atoms with Gasteiger partial charge in [-0.15, -0.1) is 0 Å². The second-order valence-corrected chi connectivity index (χ2v) is 12.2. The number of rotatable bonds is 5. The SMILES string of the molecule is CC1(c2ccccc2)CCN(S(=O)(=O)c2ccc(N3CCC(c4cc(N)ccn4)CC3)c(F)c2)CC1. The molecule has 0 amide bonds. The normalized spacial score (nSPS) is 19.3. The number of hydrogen-bond acceptors (Lipinski definition) is 5. The minimum atomic E-state index is -3.76. The van der Waals surface area contributed by atoms with Gasteiger partial charge in [0.1, 0.15) is 5.82 Å². The second kappa shape index (κ2) is 9.82. The molecular formula is C28H33FN4O2S. The molecule has 0 bridgehead atoms. The van der Waals surface area contributed by atoms with Crippen molar-refractivity contribution in [2.45, 2.75) is 48.8 Å². The monoisotopic (exact) mass is 508 g/mol. The van der Waals surface area contributed by atoms with E-state index in [4.69, 9.17) is 5.73 Å². The van der Waals surface area contributed by atoms with Crippen molar-refractivity contribution in [1.29, 1.82) is 0 Å². The molecule has 1 aromatic heterocycles. The van der Waals surface area contributed by atoms with Crippen LogP contribution in [0.2, 0.25) is 0 Å². The number of benzene rings is 2. The minimum Gasteiger partial charge on any atom is -0.399 e. The van der Waals surface area contributed by atoms with Crippen molar-refractivity contribution < 1.29 is 12.8 Å². The molecule has 2 fully saturated rings. The van der Waals surface area contributed by atoms with Gasteiger partial charge in [-0.25, -0.2) is 12.8 Å². The lowest BCUT2D eigenvalue weighted by Crippen LogP contribution is -2.43. The minimum absolute atomic E-state index is 0.0194. The fraction of sp³-hybridized carbons (Fsp3) is 0.393. The number of sulfonamides is 1. The molecule has 8 heteroatoms. The molecule has 0 atom stereocenters. The molecule has 0 radical (unpaired) electrons. The van der Waals surface area contributed by atoms with E-state index in [0.717, 1.165) is 31.4 Å². The number of pyridine rings is 1. The predicted molar refractivity (Wildman–Crippen MR) is 141 cm³/mol. The summed E-state index contributed by atoms with van der Waals surface area (Å²) >= 11 is 0. The molecule has 2 N–H and O–H groups in total. The summed E-state index contributed by atoms with van der Waals surface area (Å²) in [5.41, 5.74) is 9.18. The Morgan fingerprint density at radius 2 is 1.67 bits per heavy atom. The largest absolute Gasteiger partial charge is 0.399 e. The zero-order valence-corrected chi connectivity index (χ0v) is 21.4. The highest BCUT2D eigenvalue weighted by Crippen LogP contribution is 2.37. The number of aromatic nitrogens is 1. The maximum atomic E-state index is 15.2. The predicted octanol–water partition coefficient (Wildman–Crippen LogP) is 4.93. The van der Waals surface area contributed by atoms with Crippen molar-refractivity contribution in [3.63, 3.8) is 0 Å². The lowest BCUT2D eigenvalue weighted by atomic mass is 9.75. The number of nitrogens with zero attached hydrogens (tertiary/aromatic N) is 3. The van der Waals surface area contributed by atoms with E-state index in [2.05, 4.69) is 24.0 Å². The highest BCUT2D eigenvalue weighted by atomic mass is 32.2. The standard InChI is InChI=1S/C28H33FN4O2S/c1-28(22-5-3-2-4-6-22)12-17-33(18-13-28)36(34,35)24-7-8-27(25(29)20-24)32-15-10-21(11-16-32)26-19-23(30)9-14-31-26/h2-9,14,19-21H,10-13,15-18H2,1H3,(H2,30,31). The van der Waals surface area contributed by atoms with E-state index in [1.165, 1.54) is 15.9 Å². The first-order valence-electron chi connectivity index (χ1n) is 12.6. The van der Waals surface area contributed by atoms with Crippen LogP contribution in [0.5, 0.6) is 0 Å². The highest BCUT2D eigenvalue weighted by molar-refractivity contribution is 7.89. The molecule has 6 nitrogen and oxygen atoms in total. The first kappa shape index (κ1) is 24.7. The zero-order chi connectivity index (χ0) is 25.3. The van der Waals surface area contributed by atoms with Gasteiger partial charge in [0, 0.05) is 49.7 Å². The average molecular weight is 509 g/mol. The van der Waals surface area contributed by atoms with Crippen molar-refractivity contribution in [2.24, 2.45) is 0 Å². The van der Waals surface area contributed by atoms with E-state index in [9.17, 15) is 8.42 Å². The van der Waals surface area contributed by atoms with Crippen LogP contribution in [0.3, 0.4) is 0 Å². The Balaban J connectivity index is 1.25. The van der Waals surface area contributed by atoms with Gasteiger partial charge in [-0.3, -0.25) is 4.98 Å². The lowest BCUT2D eigenvalue weighted by Gasteiger charge is -2.39. The topological polar surface area (TPSA) is 79.5 Å². The fourth-order valence-corrected chi connectivity index (χ4v) is 6.96. The Kier molecular flexibility index (Phi) is 6.74. The van der Waals surface area contributed by atoms with Crippen LogP contribution in [-0.2, 0) is 15.4 Å². The van der Waals surface area contributed by atoms with Crippen molar-refractivity contribution in [3.05, 3.63) is 83.9 Å². The van der Waals surface area contributed by atoms with Crippen molar-refractivity contribution in [3.8, 4) is 0 Å². The van der Waals surface area contributed by atoms with E-state index < -0.39 is 15.8 Å². The van der Waals surface area contributed by atoms with E-state index in [0.29, 0.717) is 37.6 Å². The summed E-state index contributed by atoms with van der Waals surface area (Å²) in [6.45, 7) is 4.38. The molecule has 2 aromatic carbocycles. The molecule has 190 valence electrons. The smallest absolute Gasteiger partial charge is 0.243 e. The number of piperidine rings is 2. The molecule has 3 heterocycles. The van der Waals surface area contributed by atoms with E-state index in [1.807, 2.05) is 29.2 Å². The van der Waals surface area contributed by atoms with Gasteiger partial charge in [-0.05, 0) is 67.0 Å². The Morgan fingerprint density at radius 1 is 0.972 bits per heavy atom. The molecule has 3 aromatic rings. The molecule has 0 spiro atoms. The quantitative estimate of drug-likeness (QED) is 0.529. The van der Waals surface area contributed by atoms with Gasteiger partial charge in [-0.2, -0.15) is 4.31 Å². The van der Waals surface area contributed by atoms with Crippen LogP contribution in [0.4, 0.5) is 15.8 Å². The number of halogens is 1. The highest BCUT2D eigenvalue weighted by Gasteiger charge is 2.37. The van der Waals surface area contributed by atoms with E-state index >= 15 is 4.39 Å². The van der Waals surface area contributed by atoms with Gasteiger partial charge in [-0.1, -0.05) is 37.3 Å². The molecule has 0 aliphatic carbocycles. The van der Waals surface area contributed by atoms with Gasteiger partial charge in [0.25, 0.3) is 0 Å². The van der Waals surface area contributed by atoms with Gasteiger partial charge < -0.3 is 10.6 Å². The Morgan fingerprint density at radius 3 is 2.31 bits per heavy atom. The Hall–Kier alpha value is -2.97. The summed E-state index contributed by atoms with van der Waals surface area (Å²) in [5.74, 6) is -0.212. The first-order chi connectivity index (χ1) is 17.3. The third-order valence-electron chi connectivity index (χ3n) is 7.91. The molecule has 0 unspecified atom stereocenters. The molecule has 2 aliphatic rings. The third-order valence-corrected chi connectivity index (χ3v) is 9.81. The van der Waals surface area contributed by atoms with Crippen molar-refractivity contribution in [2.75, 3.05) is 36.8 Å². The maximum Gasteiger partial charge on any atom is 0.243 e. The second-order valence-electron chi connectivity index (χ2n) is 10.2. The average Bonchev–Trinajstić information content (AvgIpc) is 2.89. The van der Waals surface area contributed by atoms with Gasteiger partial charge in [0.05, 0.1) is 10.6 Å². The molecular weight excluding hydrogens is 475 g/mol. The zero-order valence-electron chi connectivity index (χ0n) is 20.6.